The summed E-state index contributed by atoms with van der Waals surface area (Å²) >= 11 is 0. The summed E-state index contributed by atoms with van der Waals surface area (Å²) < 4.78 is 5.13. The Kier molecular flexibility index (Phi) is 4.55. The molecule has 0 aromatic carbocycles. The van der Waals surface area contributed by atoms with E-state index < -0.39 is 5.97 Å². The van der Waals surface area contributed by atoms with Crippen molar-refractivity contribution in [2.75, 3.05) is 6.54 Å². The average Bonchev–Trinajstić information content (AvgIpc) is 2.66. The van der Waals surface area contributed by atoms with E-state index in [0.29, 0.717) is 24.1 Å². The minimum atomic E-state index is -1.03. The van der Waals surface area contributed by atoms with Crippen LogP contribution >= 0.6 is 0 Å². The highest BCUT2D eigenvalue weighted by Crippen LogP contribution is 2.10. The van der Waals surface area contributed by atoms with Crippen molar-refractivity contribution in [2.45, 2.75) is 27.3 Å². The largest absolute Gasteiger partial charge is 0.475 e. The number of aromatic carboxylic acids is 1. The summed E-state index contributed by atoms with van der Waals surface area (Å²) in [7, 11) is 0. The van der Waals surface area contributed by atoms with Crippen LogP contribution in [0.4, 0.5) is 0 Å². The monoisotopic (exact) mass is 225 g/mol. The zero-order valence-corrected chi connectivity index (χ0v) is 9.99. The summed E-state index contributed by atoms with van der Waals surface area (Å²) in [5.41, 5.74) is 0. The van der Waals surface area contributed by atoms with Gasteiger partial charge in [0.1, 0.15) is 5.76 Å². The molecule has 0 saturated carbocycles. The second-order valence-corrected chi connectivity index (χ2v) is 4.42. The third-order valence-corrected chi connectivity index (χ3v) is 2.78. The van der Waals surface area contributed by atoms with Gasteiger partial charge in [-0.2, -0.15) is 0 Å². The van der Waals surface area contributed by atoms with E-state index in [1.807, 2.05) is 0 Å². The lowest BCUT2D eigenvalue weighted by atomic mass is 9.98. The van der Waals surface area contributed by atoms with Crippen molar-refractivity contribution in [3.05, 3.63) is 23.7 Å². The molecule has 0 radical (unpaired) electrons. The molecule has 0 aliphatic rings. The Hall–Kier alpha value is -1.29. The topological polar surface area (TPSA) is 62.5 Å². The van der Waals surface area contributed by atoms with Gasteiger partial charge >= 0.3 is 5.97 Å². The van der Waals surface area contributed by atoms with Gasteiger partial charge in [0.15, 0.2) is 0 Å². The number of hydrogen-bond acceptors (Lipinski definition) is 3. The van der Waals surface area contributed by atoms with Crippen molar-refractivity contribution < 1.29 is 14.3 Å². The van der Waals surface area contributed by atoms with Crippen molar-refractivity contribution in [1.29, 1.82) is 0 Å². The van der Waals surface area contributed by atoms with Crippen molar-refractivity contribution in [3.8, 4) is 0 Å². The molecule has 16 heavy (non-hydrogen) atoms. The highest BCUT2D eigenvalue weighted by atomic mass is 16.4. The van der Waals surface area contributed by atoms with Crippen LogP contribution in [0.2, 0.25) is 0 Å². The second kappa shape index (κ2) is 5.70. The first kappa shape index (κ1) is 12.8. The predicted octanol–water partition coefficient (Wildman–Crippen LogP) is 2.36. The number of nitrogens with one attached hydrogen (secondary N) is 1. The van der Waals surface area contributed by atoms with E-state index in [-0.39, 0.29) is 5.76 Å². The van der Waals surface area contributed by atoms with Gasteiger partial charge in [-0.15, -0.1) is 0 Å². The van der Waals surface area contributed by atoms with Crippen LogP contribution in [0.25, 0.3) is 0 Å². The second-order valence-electron chi connectivity index (χ2n) is 4.42. The minimum absolute atomic E-state index is 0.00583. The zero-order valence-electron chi connectivity index (χ0n) is 9.99. The molecular formula is C12H19NO3. The van der Waals surface area contributed by atoms with E-state index in [9.17, 15) is 4.79 Å². The lowest BCUT2D eigenvalue weighted by molar-refractivity contribution is 0.0660. The molecule has 4 nitrogen and oxygen atoms in total. The normalized spacial score (nSPS) is 13.0. The van der Waals surface area contributed by atoms with E-state index >= 15 is 0 Å². The maximum Gasteiger partial charge on any atom is 0.371 e. The molecule has 1 aromatic rings. The van der Waals surface area contributed by atoms with Gasteiger partial charge in [0.05, 0.1) is 6.54 Å². The Morgan fingerprint density at radius 3 is 2.62 bits per heavy atom. The fraction of sp³-hybridized carbons (Fsp3) is 0.583. The molecule has 90 valence electrons. The molecule has 2 N–H and O–H groups in total. The lowest BCUT2D eigenvalue weighted by Gasteiger charge is -2.15. The van der Waals surface area contributed by atoms with Gasteiger partial charge in [-0.1, -0.05) is 20.8 Å². The average molecular weight is 225 g/mol. The van der Waals surface area contributed by atoms with Crippen LogP contribution in [0.5, 0.6) is 0 Å². The SMILES string of the molecule is CC(C)C(C)CNCc1ccc(C(=O)O)o1. The van der Waals surface area contributed by atoms with Crippen LogP contribution < -0.4 is 5.32 Å². The van der Waals surface area contributed by atoms with Crippen LogP contribution in [-0.4, -0.2) is 17.6 Å². The van der Waals surface area contributed by atoms with Gasteiger partial charge < -0.3 is 14.8 Å². The Labute approximate surface area is 95.7 Å². The van der Waals surface area contributed by atoms with Crippen LogP contribution in [0.15, 0.2) is 16.5 Å². The van der Waals surface area contributed by atoms with Crippen molar-refractivity contribution in [2.24, 2.45) is 11.8 Å². The quantitative estimate of drug-likeness (QED) is 0.780. The minimum Gasteiger partial charge on any atom is -0.475 e. The van der Waals surface area contributed by atoms with Gasteiger partial charge in [0.25, 0.3) is 0 Å². The fourth-order valence-electron chi connectivity index (χ4n) is 1.25. The highest BCUT2D eigenvalue weighted by Gasteiger charge is 2.10. The molecule has 1 heterocycles. The van der Waals surface area contributed by atoms with Crippen molar-refractivity contribution in [3.63, 3.8) is 0 Å². The smallest absolute Gasteiger partial charge is 0.371 e. The van der Waals surface area contributed by atoms with Gasteiger partial charge in [-0.3, -0.25) is 0 Å². The summed E-state index contributed by atoms with van der Waals surface area (Å²) in [6.45, 7) is 8.02. The number of furan rings is 1. The predicted molar refractivity (Wildman–Crippen MR) is 61.4 cm³/mol. The van der Waals surface area contributed by atoms with Crippen LogP contribution in [0.3, 0.4) is 0 Å². The molecule has 0 spiro atoms. The Bertz CT molecular complexity index is 344. The molecule has 0 aliphatic heterocycles. The standard InChI is InChI=1S/C12H19NO3/c1-8(2)9(3)6-13-7-10-4-5-11(16-10)12(14)15/h4-5,8-9,13H,6-7H2,1-3H3,(H,14,15). The van der Waals surface area contributed by atoms with Gasteiger partial charge in [-0.25, -0.2) is 4.79 Å². The number of hydrogen-bond donors (Lipinski definition) is 2. The molecular weight excluding hydrogens is 206 g/mol. The molecule has 0 bridgehead atoms. The number of carbonyl (C=O) groups is 1. The molecule has 0 aliphatic carbocycles. The van der Waals surface area contributed by atoms with Gasteiger partial charge in [0, 0.05) is 0 Å². The molecule has 1 unspecified atom stereocenters. The summed E-state index contributed by atoms with van der Waals surface area (Å²) in [6.07, 6.45) is 0. The third kappa shape index (κ3) is 3.70. The Morgan fingerprint density at radius 1 is 1.44 bits per heavy atom. The van der Waals surface area contributed by atoms with Gasteiger partial charge in [-0.05, 0) is 30.5 Å². The Balaban J connectivity index is 2.35. The Morgan fingerprint density at radius 2 is 2.12 bits per heavy atom. The number of rotatable bonds is 6. The van der Waals surface area contributed by atoms with Gasteiger partial charge in [0.2, 0.25) is 5.76 Å². The van der Waals surface area contributed by atoms with E-state index in [1.165, 1.54) is 6.07 Å². The van der Waals surface area contributed by atoms with Crippen LogP contribution in [0.1, 0.15) is 37.1 Å². The molecule has 1 rings (SSSR count). The zero-order chi connectivity index (χ0) is 12.1. The van der Waals surface area contributed by atoms with E-state index in [1.54, 1.807) is 6.07 Å². The summed E-state index contributed by atoms with van der Waals surface area (Å²) in [5.74, 6) is 0.858. The first-order valence-corrected chi connectivity index (χ1v) is 5.53. The van der Waals surface area contributed by atoms with E-state index in [2.05, 4.69) is 26.1 Å². The van der Waals surface area contributed by atoms with E-state index in [4.69, 9.17) is 9.52 Å². The summed E-state index contributed by atoms with van der Waals surface area (Å²) in [4.78, 5) is 10.6. The van der Waals surface area contributed by atoms with Crippen molar-refractivity contribution in [1.82, 2.24) is 5.32 Å². The third-order valence-electron chi connectivity index (χ3n) is 2.78. The molecule has 1 atom stereocenters. The molecule has 1 aromatic heterocycles. The summed E-state index contributed by atoms with van der Waals surface area (Å²) in [5, 5.41) is 11.9. The van der Waals surface area contributed by atoms with Crippen molar-refractivity contribution >= 4 is 5.97 Å². The maximum atomic E-state index is 10.6. The number of carboxylic acid groups (broad SMARTS) is 1. The van der Waals surface area contributed by atoms with E-state index in [0.717, 1.165) is 6.54 Å². The van der Waals surface area contributed by atoms with Crippen LogP contribution in [-0.2, 0) is 6.54 Å². The molecule has 4 heteroatoms. The molecule has 0 amide bonds. The maximum absolute atomic E-state index is 10.6. The first-order valence-electron chi connectivity index (χ1n) is 5.53. The molecule has 0 fully saturated rings. The highest BCUT2D eigenvalue weighted by molar-refractivity contribution is 5.84. The lowest BCUT2D eigenvalue weighted by Crippen LogP contribution is -2.23. The molecule has 0 saturated heterocycles. The summed E-state index contributed by atoms with van der Waals surface area (Å²) in [6, 6.07) is 3.17. The number of carboxylic acids is 1. The first-order chi connectivity index (χ1) is 7.50. The van der Waals surface area contributed by atoms with Crippen LogP contribution in [0, 0.1) is 11.8 Å². The fourth-order valence-corrected chi connectivity index (χ4v) is 1.25.